The van der Waals surface area contributed by atoms with Crippen LogP contribution in [0.2, 0.25) is 0 Å². The summed E-state index contributed by atoms with van der Waals surface area (Å²) < 4.78 is 11.1. The van der Waals surface area contributed by atoms with E-state index in [9.17, 15) is 0 Å². The van der Waals surface area contributed by atoms with Crippen molar-refractivity contribution in [1.82, 2.24) is 9.45 Å². The Morgan fingerprint density at radius 2 is 1.68 bits per heavy atom. The number of rotatable bonds is 4. The molecule has 7 heteroatoms. The molecule has 0 bridgehead atoms. The Labute approximate surface area is 194 Å². The summed E-state index contributed by atoms with van der Waals surface area (Å²) in [6, 6.07) is 16.9. The van der Waals surface area contributed by atoms with Gasteiger partial charge in [-0.2, -0.15) is 5.10 Å². The Morgan fingerprint density at radius 1 is 1.03 bits per heavy atom. The monoisotopic (exact) mass is 499 g/mol. The second-order valence-electron chi connectivity index (χ2n) is 8.43. The highest BCUT2D eigenvalue weighted by molar-refractivity contribution is 9.10. The van der Waals surface area contributed by atoms with E-state index in [2.05, 4.69) is 115 Å². The molecule has 1 unspecified atom stereocenters. The molecule has 0 saturated heterocycles. The van der Waals surface area contributed by atoms with Crippen molar-refractivity contribution in [2.24, 2.45) is 9.85 Å². The minimum absolute atomic E-state index is 0.139. The van der Waals surface area contributed by atoms with Gasteiger partial charge in [-0.05, 0) is 39.7 Å². The van der Waals surface area contributed by atoms with Crippen LogP contribution in [0.4, 0.5) is 11.4 Å². The maximum Gasteiger partial charge on any atom is 0.174 e. The van der Waals surface area contributed by atoms with Crippen LogP contribution >= 0.6 is 23.3 Å². The van der Waals surface area contributed by atoms with E-state index in [0.29, 0.717) is 0 Å². The molecule has 0 amide bonds. The number of allylic oxidation sites excluding steroid dienone is 2. The van der Waals surface area contributed by atoms with Gasteiger partial charge in [0, 0.05) is 48.5 Å². The summed E-state index contributed by atoms with van der Waals surface area (Å²) in [6.07, 6.45) is 2.06. The normalized spacial score (nSPS) is 24.3. The average molecular weight is 500 g/mol. The number of benzene rings is 2. The van der Waals surface area contributed by atoms with Gasteiger partial charge in [0.25, 0.3) is 0 Å². The maximum absolute atomic E-state index is 5.51. The van der Waals surface area contributed by atoms with Gasteiger partial charge in [-0.3, -0.25) is 0 Å². The fourth-order valence-corrected chi connectivity index (χ4v) is 9.16. The van der Waals surface area contributed by atoms with Gasteiger partial charge in [0.15, 0.2) is 7.36 Å². The van der Waals surface area contributed by atoms with Gasteiger partial charge in [-0.15, -0.1) is 0 Å². The van der Waals surface area contributed by atoms with Crippen LogP contribution in [-0.2, 0) is 5.41 Å². The van der Waals surface area contributed by atoms with E-state index in [1.165, 1.54) is 22.3 Å². The van der Waals surface area contributed by atoms with Crippen LogP contribution in [0.1, 0.15) is 33.3 Å². The second kappa shape index (κ2) is 8.23. The van der Waals surface area contributed by atoms with Gasteiger partial charge in [0.05, 0.1) is 17.2 Å². The highest BCUT2D eigenvalue weighted by Gasteiger charge is 2.47. The second-order valence-corrected chi connectivity index (χ2v) is 12.2. The van der Waals surface area contributed by atoms with Crippen molar-refractivity contribution in [2.75, 3.05) is 32.1 Å². The third kappa shape index (κ3) is 3.31. The molecule has 0 aromatic heterocycles. The van der Waals surface area contributed by atoms with E-state index in [1.807, 2.05) is 12.1 Å². The van der Waals surface area contributed by atoms with Gasteiger partial charge >= 0.3 is 0 Å². The zero-order chi connectivity index (χ0) is 22.4. The molecule has 0 aliphatic carbocycles. The van der Waals surface area contributed by atoms with Gasteiger partial charge in [-0.25, -0.2) is 14.2 Å². The Balaban J connectivity index is 2.08. The molecular weight excluding hydrogens is 469 g/mol. The first kappa shape index (κ1) is 22.3. The molecule has 0 N–H and O–H groups in total. The molecule has 1 atom stereocenters. The highest BCUT2D eigenvalue weighted by Crippen LogP contribution is 2.69. The van der Waals surface area contributed by atoms with Gasteiger partial charge in [0.1, 0.15) is 0 Å². The first-order valence-corrected chi connectivity index (χ1v) is 13.2. The van der Waals surface area contributed by atoms with E-state index in [-0.39, 0.29) is 5.41 Å². The smallest absolute Gasteiger partial charge is 0.174 e. The van der Waals surface area contributed by atoms with Crippen LogP contribution in [0.25, 0.3) is 0 Å². The summed E-state index contributed by atoms with van der Waals surface area (Å²) in [6.45, 7) is 10.9. The van der Waals surface area contributed by atoms with Crippen molar-refractivity contribution >= 4 is 40.9 Å². The standard InChI is InChI=1S/C24H31BrN5P/c1-7-30(8-2)31(27-20-15-11-10-14-19(20)25)22(17-26-29(31)6)23-24(3,4)18-13-9-12-16-21(18)28(23)5/h9-17H,7-8H2,1-6H3/b23-22+. The lowest BCUT2D eigenvalue weighted by Gasteiger charge is -2.39. The summed E-state index contributed by atoms with van der Waals surface area (Å²) in [5.74, 6) is 0. The van der Waals surface area contributed by atoms with Gasteiger partial charge in [0.2, 0.25) is 0 Å². The summed E-state index contributed by atoms with van der Waals surface area (Å²) >= 11 is 3.72. The number of para-hydroxylation sites is 1. The number of hydrogen-bond acceptors (Lipinski definition) is 3. The Morgan fingerprint density at radius 3 is 2.32 bits per heavy atom. The van der Waals surface area contributed by atoms with E-state index >= 15 is 0 Å². The lowest BCUT2D eigenvalue weighted by atomic mass is 9.84. The Bertz CT molecular complexity index is 1120. The number of anilines is 1. The number of fused-ring (bicyclic) bond motifs is 1. The fourth-order valence-electron chi connectivity index (χ4n) is 4.92. The molecule has 0 spiro atoms. The topological polar surface area (TPSA) is 34.4 Å². The molecule has 31 heavy (non-hydrogen) atoms. The molecule has 5 nitrogen and oxygen atoms in total. The zero-order valence-electron chi connectivity index (χ0n) is 19.2. The number of likely N-dealkylation sites (N-methyl/N-ethyl adjacent to an activating group) is 1. The average Bonchev–Trinajstić information content (AvgIpc) is 3.16. The third-order valence-corrected chi connectivity index (χ3v) is 10.8. The summed E-state index contributed by atoms with van der Waals surface area (Å²) in [4.78, 5) is 2.35. The van der Waals surface area contributed by atoms with E-state index in [4.69, 9.17) is 9.85 Å². The van der Waals surface area contributed by atoms with Crippen molar-refractivity contribution in [1.29, 1.82) is 0 Å². The Hall–Kier alpha value is -1.88. The SMILES string of the molecule is CCN(CC)P1(=Nc2ccccc2Br)/C(=C2/N(C)c3ccccc3C2(C)C)C=NN1C. The minimum atomic E-state index is -2.32. The quantitative estimate of drug-likeness (QED) is 0.423. The largest absolute Gasteiger partial charge is 0.346 e. The summed E-state index contributed by atoms with van der Waals surface area (Å²) in [7, 11) is 1.93. The summed E-state index contributed by atoms with van der Waals surface area (Å²) in [5, 5.41) is 6.08. The minimum Gasteiger partial charge on any atom is -0.346 e. The Kier molecular flexibility index (Phi) is 5.93. The number of hydrazone groups is 1. The fraction of sp³-hybridized carbons (Fsp3) is 0.375. The first-order valence-electron chi connectivity index (χ1n) is 10.8. The predicted octanol–water partition coefficient (Wildman–Crippen LogP) is 7.02. The summed E-state index contributed by atoms with van der Waals surface area (Å²) in [5.41, 5.74) is 4.73. The number of halogens is 1. The lowest BCUT2D eigenvalue weighted by molar-refractivity contribution is 0.452. The number of nitrogens with zero attached hydrogens (tertiary/aromatic N) is 5. The van der Waals surface area contributed by atoms with Crippen LogP contribution in [-0.4, -0.2) is 42.8 Å². The van der Waals surface area contributed by atoms with Crippen molar-refractivity contribution in [3.8, 4) is 0 Å². The molecule has 2 aliphatic heterocycles. The molecule has 0 fully saturated rings. The van der Waals surface area contributed by atoms with Crippen molar-refractivity contribution in [2.45, 2.75) is 33.1 Å². The molecule has 0 radical (unpaired) electrons. The maximum atomic E-state index is 5.51. The molecular formula is C24H31BrN5P. The molecule has 2 aromatic carbocycles. The van der Waals surface area contributed by atoms with Crippen molar-refractivity contribution in [3.63, 3.8) is 0 Å². The molecule has 2 aromatic rings. The first-order chi connectivity index (χ1) is 14.8. The third-order valence-electron chi connectivity index (χ3n) is 6.41. The van der Waals surface area contributed by atoms with Gasteiger partial charge in [-0.1, -0.05) is 58.0 Å². The van der Waals surface area contributed by atoms with Crippen LogP contribution in [0.5, 0.6) is 0 Å². The van der Waals surface area contributed by atoms with Gasteiger partial charge < -0.3 is 4.90 Å². The number of hydrogen-bond donors (Lipinski definition) is 0. The van der Waals surface area contributed by atoms with Crippen LogP contribution in [0, 0.1) is 0 Å². The predicted molar refractivity (Wildman–Crippen MR) is 137 cm³/mol. The van der Waals surface area contributed by atoms with E-state index in [1.54, 1.807) is 0 Å². The molecule has 4 rings (SSSR count). The zero-order valence-corrected chi connectivity index (χ0v) is 21.7. The van der Waals surface area contributed by atoms with E-state index in [0.717, 1.165) is 23.2 Å². The van der Waals surface area contributed by atoms with E-state index < -0.39 is 7.36 Å². The van der Waals surface area contributed by atoms with Crippen LogP contribution in [0.3, 0.4) is 0 Å². The highest BCUT2D eigenvalue weighted by atomic mass is 79.9. The molecule has 0 saturated carbocycles. The van der Waals surface area contributed by atoms with Crippen LogP contribution in [0.15, 0.2) is 73.9 Å². The molecule has 164 valence electrons. The van der Waals surface area contributed by atoms with Crippen LogP contribution < -0.4 is 4.90 Å². The lowest BCUT2D eigenvalue weighted by Crippen LogP contribution is -2.30. The van der Waals surface area contributed by atoms with Crippen molar-refractivity contribution in [3.05, 3.63) is 69.6 Å². The molecule has 2 aliphatic rings. The van der Waals surface area contributed by atoms with Crippen molar-refractivity contribution < 1.29 is 0 Å². The molecule has 2 heterocycles.